The second-order valence-corrected chi connectivity index (χ2v) is 3.55. The first kappa shape index (κ1) is 11.2. The van der Waals surface area contributed by atoms with E-state index >= 15 is 0 Å². The van der Waals surface area contributed by atoms with E-state index in [0.717, 1.165) is 25.3 Å². The molecule has 0 aromatic carbocycles. The summed E-state index contributed by atoms with van der Waals surface area (Å²) in [7, 11) is 3.95. The highest BCUT2D eigenvalue weighted by Gasteiger charge is 2.07. The molecule has 80 valence electrons. The molecule has 1 aromatic rings. The van der Waals surface area contributed by atoms with Crippen molar-refractivity contribution in [2.24, 2.45) is 7.05 Å². The van der Waals surface area contributed by atoms with Crippen molar-refractivity contribution in [1.82, 2.24) is 20.4 Å². The molecule has 0 bridgehead atoms. The van der Waals surface area contributed by atoms with Crippen molar-refractivity contribution >= 4 is 0 Å². The second-order valence-electron chi connectivity index (χ2n) is 3.55. The van der Waals surface area contributed by atoms with Crippen LogP contribution >= 0.6 is 0 Å². The SMILES string of the molecule is CNCCNCc1c(C)nn(C)c1C. The quantitative estimate of drug-likeness (QED) is 0.668. The number of nitrogens with one attached hydrogen (secondary N) is 2. The Morgan fingerprint density at radius 3 is 2.50 bits per heavy atom. The van der Waals surface area contributed by atoms with Gasteiger partial charge in [-0.15, -0.1) is 0 Å². The van der Waals surface area contributed by atoms with Crippen molar-refractivity contribution in [3.63, 3.8) is 0 Å². The van der Waals surface area contributed by atoms with Crippen LogP contribution in [0, 0.1) is 13.8 Å². The third-order valence-electron chi connectivity index (χ3n) is 2.51. The van der Waals surface area contributed by atoms with Gasteiger partial charge in [0.15, 0.2) is 0 Å². The Bertz CT molecular complexity index is 291. The summed E-state index contributed by atoms with van der Waals surface area (Å²) in [5.74, 6) is 0. The molecule has 0 atom stereocenters. The molecule has 1 rings (SSSR count). The molecule has 0 fully saturated rings. The highest BCUT2D eigenvalue weighted by molar-refractivity contribution is 5.23. The minimum atomic E-state index is 0.910. The maximum absolute atomic E-state index is 4.37. The van der Waals surface area contributed by atoms with Crippen LogP contribution in [0.5, 0.6) is 0 Å². The van der Waals surface area contributed by atoms with E-state index in [9.17, 15) is 0 Å². The van der Waals surface area contributed by atoms with E-state index in [-0.39, 0.29) is 0 Å². The normalized spacial score (nSPS) is 10.9. The molecule has 0 aliphatic heterocycles. The van der Waals surface area contributed by atoms with Crippen molar-refractivity contribution in [2.45, 2.75) is 20.4 Å². The van der Waals surface area contributed by atoms with Gasteiger partial charge in [0.1, 0.15) is 0 Å². The lowest BCUT2D eigenvalue weighted by Crippen LogP contribution is -2.24. The fourth-order valence-corrected chi connectivity index (χ4v) is 1.50. The van der Waals surface area contributed by atoms with E-state index in [2.05, 4.69) is 29.6 Å². The lowest BCUT2D eigenvalue weighted by atomic mass is 10.2. The minimum absolute atomic E-state index is 0.910. The summed E-state index contributed by atoms with van der Waals surface area (Å²) < 4.78 is 1.93. The molecule has 0 radical (unpaired) electrons. The molecular weight excluding hydrogens is 176 g/mol. The fraction of sp³-hybridized carbons (Fsp3) is 0.700. The van der Waals surface area contributed by atoms with E-state index in [1.807, 2.05) is 18.8 Å². The lowest BCUT2D eigenvalue weighted by molar-refractivity contribution is 0.646. The lowest BCUT2D eigenvalue weighted by Gasteiger charge is -2.04. The molecule has 0 saturated carbocycles. The van der Waals surface area contributed by atoms with Crippen LogP contribution in [-0.4, -0.2) is 29.9 Å². The van der Waals surface area contributed by atoms with Gasteiger partial charge in [-0.1, -0.05) is 0 Å². The zero-order chi connectivity index (χ0) is 10.6. The molecule has 0 aliphatic carbocycles. The maximum Gasteiger partial charge on any atom is 0.0641 e. The van der Waals surface area contributed by atoms with Gasteiger partial charge in [0.2, 0.25) is 0 Å². The Kier molecular flexibility index (Phi) is 4.10. The van der Waals surface area contributed by atoms with Crippen molar-refractivity contribution in [3.8, 4) is 0 Å². The molecule has 0 aliphatic rings. The van der Waals surface area contributed by atoms with Crippen LogP contribution in [0.3, 0.4) is 0 Å². The van der Waals surface area contributed by atoms with Gasteiger partial charge in [0.05, 0.1) is 5.69 Å². The standard InChI is InChI=1S/C10H20N4/c1-8-10(7-12-6-5-11-3)9(2)14(4)13-8/h11-12H,5-7H2,1-4H3. The van der Waals surface area contributed by atoms with Gasteiger partial charge in [-0.25, -0.2) is 0 Å². The largest absolute Gasteiger partial charge is 0.318 e. The monoisotopic (exact) mass is 196 g/mol. The summed E-state index contributed by atoms with van der Waals surface area (Å²) in [6.07, 6.45) is 0. The van der Waals surface area contributed by atoms with E-state index in [1.54, 1.807) is 0 Å². The van der Waals surface area contributed by atoms with Crippen LogP contribution in [0.1, 0.15) is 17.0 Å². The minimum Gasteiger partial charge on any atom is -0.318 e. The van der Waals surface area contributed by atoms with Crippen LogP contribution in [0.15, 0.2) is 0 Å². The summed E-state index contributed by atoms with van der Waals surface area (Å²) in [6.45, 7) is 7.06. The number of likely N-dealkylation sites (N-methyl/N-ethyl adjacent to an activating group) is 1. The van der Waals surface area contributed by atoms with Gasteiger partial charge in [0, 0.05) is 37.9 Å². The van der Waals surface area contributed by atoms with Crippen molar-refractivity contribution < 1.29 is 0 Å². The number of hydrogen-bond acceptors (Lipinski definition) is 3. The predicted molar refractivity (Wildman–Crippen MR) is 58.3 cm³/mol. The molecule has 1 aromatic heterocycles. The smallest absolute Gasteiger partial charge is 0.0641 e. The molecule has 1 heterocycles. The van der Waals surface area contributed by atoms with Crippen molar-refractivity contribution in [1.29, 1.82) is 0 Å². The average molecular weight is 196 g/mol. The highest BCUT2D eigenvalue weighted by atomic mass is 15.3. The second kappa shape index (κ2) is 5.12. The Morgan fingerprint density at radius 2 is 2.00 bits per heavy atom. The van der Waals surface area contributed by atoms with E-state index in [0.29, 0.717) is 0 Å². The van der Waals surface area contributed by atoms with E-state index in [1.165, 1.54) is 11.3 Å². The molecule has 0 saturated heterocycles. The molecule has 14 heavy (non-hydrogen) atoms. The molecule has 0 amide bonds. The summed E-state index contributed by atoms with van der Waals surface area (Å²) in [5.41, 5.74) is 3.70. The van der Waals surface area contributed by atoms with Gasteiger partial charge in [-0.2, -0.15) is 5.10 Å². The van der Waals surface area contributed by atoms with Gasteiger partial charge < -0.3 is 10.6 Å². The highest BCUT2D eigenvalue weighted by Crippen LogP contribution is 2.10. The Hall–Kier alpha value is -0.870. The third-order valence-corrected chi connectivity index (χ3v) is 2.51. The van der Waals surface area contributed by atoms with Crippen LogP contribution in [0.2, 0.25) is 0 Å². The topological polar surface area (TPSA) is 41.9 Å². The first-order chi connectivity index (χ1) is 6.66. The Balaban J connectivity index is 2.49. The summed E-state index contributed by atoms with van der Waals surface area (Å²) in [5, 5.41) is 10.9. The van der Waals surface area contributed by atoms with Gasteiger partial charge in [0.25, 0.3) is 0 Å². The molecular formula is C10H20N4. The summed E-state index contributed by atoms with van der Waals surface area (Å²) in [6, 6.07) is 0. The number of hydrogen-bond donors (Lipinski definition) is 2. The first-order valence-electron chi connectivity index (χ1n) is 5.01. The van der Waals surface area contributed by atoms with Crippen LogP contribution in [-0.2, 0) is 13.6 Å². The van der Waals surface area contributed by atoms with Crippen LogP contribution < -0.4 is 10.6 Å². The van der Waals surface area contributed by atoms with Gasteiger partial charge >= 0.3 is 0 Å². The Labute approximate surface area is 85.7 Å². The van der Waals surface area contributed by atoms with Crippen molar-refractivity contribution in [3.05, 3.63) is 17.0 Å². The summed E-state index contributed by atoms with van der Waals surface area (Å²) in [4.78, 5) is 0. The number of aryl methyl sites for hydroxylation is 2. The molecule has 4 nitrogen and oxygen atoms in total. The molecule has 2 N–H and O–H groups in total. The summed E-state index contributed by atoms with van der Waals surface area (Å²) >= 11 is 0. The molecule has 0 spiro atoms. The first-order valence-corrected chi connectivity index (χ1v) is 5.01. The predicted octanol–water partition coefficient (Wildman–Crippen LogP) is 0.346. The molecule has 0 unspecified atom stereocenters. The zero-order valence-electron chi connectivity index (χ0n) is 9.52. The average Bonchev–Trinajstić information content (AvgIpc) is 2.38. The fourth-order valence-electron chi connectivity index (χ4n) is 1.50. The zero-order valence-corrected chi connectivity index (χ0v) is 9.52. The van der Waals surface area contributed by atoms with Gasteiger partial charge in [-0.3, -0.25) is 4.68 Å². The van der Waals surface area contributed by atoms with Gasteiger partial charge in [-0.05, 0) is 20.9 Å². The maximum atomic E-state index is 4.37. The van der Waals surface area contributed by atoms with E-state index < -0.39 is 0 Å². The third kappa shape index (κ3) is 2.56. The van der Waals surface area contributed by atoms with Crippen molar-refractivity contribution in [2.75, 3.05) is 20.1 Å². The van der Waals surface area contributed by atoms with Crippen LogP contribution in [0.25, 0.3) is 0 Å². The number of aromatic nitrogens is 2. The number of nitrogens with zero attached hydrogens (tertiary/aromatic N) is 2. The molecule has 4 heteroatoms. The Morgan fingerprint density at radius 1 is 1.29 bits per heavy atom. The number of rotatable bonds is 5. The van der Waals surface area contributed by atoms with Crippen LogP contribution in [0.4, 0.5) is 0 Å². The van der Waals surface area contributed by atoms with E-state index in [4.69, 9.17) is 0 Å².